The molecule has 1 aromatic carbocycles. The number of hydrogen-bond donors (Lipinski definition) is 1. The first-order chi connectivity index (χ1) is 14.5. The number of hydrogen-bond acceptors (Lipinski definition) is 5. The second-order valence-corrected chi connectivity index (χ2v) is 8.13. The zero-order chi connectivity index (χ0) is 20.8. The van der Waals surface area contributed by atoms with Gasteiger partial charge in [0, 0.05) is 22.6 Å². The lowest BCUT2D eigenvalue weighted by atomic mass is 9.97. The van der Waals surface area contributed by atoms with Crippen LogP contribution in [0.4, 0.5) is 0 Å². The van der Waals surface area contributed by atoms with E-state index in [1.807, 2.05) is 0 Å². The molecule has 0 spiro atoms. The summed E-state index contributed by atoms with van der Waals surface area (Å²) in [6, 6.07) is 11.2. The van der Waals surface area contributed by atoms with E-state index in [9.17, 15) is 14.7 Å². The molecular weight excluding hydrogens is 404 g/mol. The van der Waals surface area contributed by atoms with Crippen molar-refractivity contribution >= 4 is 34.3 Å². The Hall–Kier alpha value is -3.12. The minimum atomic E-state index is -0.744. The Morgan fingerprint density at radius 3 is 2.70 bits per heavy atom. The number of aromatic nitrogens is 1. The van der Waals surface area contributed by atoms with Gasteiger partial charge in [0.05, 0.1) is 11.3 Å². The first kappa shape index (κ1) is 18.9. The van der Waals surface area contributed by atoms with Gasteiger partial charge >= 0.3 is 0 Å². The van der Waals surface area contributed by atoms with Crippen molar-refractivity contribution in [2.24, 2.45) is 0 Å². The first-order valence-electron chi connectivity index (χ1n) is 9.95. The molecule has 3 aromatic rings. The number of aliphatic hydroxyl groups excluding tert-OH is 1. The van der Waals surface area contributed by atoms with Crippen molar-refractivity contribution in [3.05, 3.63) is 76.5 Å². The number of Topliss-reactive ketones (excluding diaryl/α,β-unsaturated/α-hetero) is 1. The molecule has 0 bridgehead atoms. The number of carbonyl (C=O) groups excluding carboxylic acids is 2. The molecule has 1 N–H and O–H groups in total. The van der Waals surface area contributed by atoms with Crippen LogP contribution in [0.5, 0.6) is 0 Å². The van der Waals surface area contributed by atoms with Crippen LogP contribution in [0.1, 0.15) is 48.0 Å². The van der Waals surface area contributed by atoms with Crippen LogP contribution in [0.25, 0.3) is 11.0 Å². The maximum Gasteiger partial charge on any atom is 0.290 e. The number of furan rings is 1. The monoisotopic (exact) mass is 422 g/mol. The lowest BCUT2D eigenvalue weighted by Gasteiger charge is -2.31. The van der Waals surface area contributed by atoms with Gasteiger partial charge < -0.3 is 14.4 Å². The van der Waals surface area contributed by atoms with Gasteiger partial charge in [0.25, 0.3) is 5.91 Å². The molecule has 152 valence electrons. The van der Waals surface area contributed by atoms with Gasteiger partial charge in [0.2, 0.25) is 5.78 Å². The predicted molar refractivity (Wildman–Crippen MR) is 111 cm³/mol. The molecule has 1 amide bonds. The molecular formula is C23H19ClN2O4. The molecule has 5 rings (SSSR count). The van der Waals surface area contributed by atoms with E-state index in [-0.39, 0.29) is 17.4 Å². The van der Waals surface area contributed by atoms with Gasteiger partial charge in [-0.25, -0.2) is 0 Å². The number of carbonyl (C=O) groups is 2. The fourth-order valence-corrected chi connectivity index (χ4v) is 4.68. The number of aliphatic hydroxyl groups is 1. The highest BCUT2D eigenvalue weighted by molar-refractivity contribution is 6.31. The van der Waals surface area contributed by atoms with Crippen molar-refractivity contribution in [3.63, 3.8) is 0 Å². The van der Waals surface area contributed by atoms with Crippen molar-refractivity contribution in [1.82, 2.24) is 9.88 Å². The molecule has 0 saturated heterocycles. The molecule has 1 aliphatic heterocycles. The van der Waals surface area contributed by atoms with Crippen molar-refractivity contribution < 1.29 is 19.1 Å². The summed E-state index contributed by atoms with van der Waals surface area (Å²) < 4.78 is 5.72. The third-order valence-corrected chi connectivity index (χ3v) is 6.11. The van der Waals surface area contributed by atoms with E-state index in [0.29, 0.717) is 21.7 Å². The fourth-order valence-electron chi connectivity index (χ4n) is 4.50. The number of nitrogens with zero attached hydrogens (tertiary/aromatic N) is 2. The number of pyridine rings is 1. The Bertz CT molecular complexity index is 1180. The Kier molecular flexibility index (Phi) is 4.59. The average Bonchev–Trinajstić information content (AvgIpc) is 3.47. The summed E-state index contributed by atoms with van der Waals surface area (Å²) in [5.41, 5.74) is 1.06. The Balaban J connectivity index is 1.61. The largest absolute Gasteiger partial charge is 0.503 e. The highest BCUT2D eigenvalue weighted by Gasteiger charge is 2.48. The summed E-state index contributed by atoms with van der Waals surface area (Å²) in [4.78, 5) is 32.5. The first-order valence-corrected chi connectivity index (χ1v) is 10.3. The standard InChI is InChI=1S/C23H19ClN2O4/c24-14-8-9-17-13(11-14)12-18(30-17)21(27)19-20(16-7-3-4-10-25-16)26(23(29)22(19)28)15-5-1-2-6-15/h3-4,7-12,15,20,28H,1-2,5-6H2. The summed E-state index contributed by atoms with van der Waals surface area (Å²) in [5.74, 6) is -1.53. The second-order valence-electron chi connectivity index (χ2n) is 7.69. The van der Waals surface area contributed by atoms with Gasteiger partial charge in [-0.15, -0.1) is 0 Å². The van der Waals surface area contributed by atoms with E-state index in [1.165, 1.54) is 0 Å². The van der Waals surface area contributed by atoms with Crippen molar-refractivity contribution in [2.45, 2.75) is 37.8 Å². The van der Waals surface area contributed by atoms with Gasteiger partial charge in [-0.3, -0.25) is 14.6 Å². The third-order valence-electron chi connectivity index (χ3n) is 5.88. The van der Waals surface area contributed by atoms with Crippen LogP contribution >= 0.6 is 11.6 Å². The number of rotatable bonds is 4. The van der Waals surface area contributed by atoms with Gasteiger partial charge in [0.1, 0.15) is 11.6 Å². The van der Waals surface area contributed by atoms with Crippen LogP contribution < -0.4 is 0 Å². The molecule has 30 heavy (non-hydrogen) atoms. The number of amides is 1. The number of halogens is 1. The van der Waals surface area contributed by atoms with E-state index in [4.69, 9.17) is 16.0 Å². The zero-order valence-corrected chi connectivity index (χ0v) is 16.8. The van der Waals surface area contributed by atoms with Crippen LogP contribution in [0.2, 0.25) is 5.02 Å². The van der Waals surface area contributed by atoms with Gasteiger partial charge in [-0.2, -0.15) is 0 Å². The topological polar surface area (TPSA) is 83.6 Å². The third kappa shape index (κ3) is 2.99. The number of ketones is 1. The molecule has 1 unspecified atom stereocenters. The number of benzene rings is 1. The van der Waals surface area contributed by atoms with Crippen molar-refractivity contribution in [3.8, 4) is 0 Å². The van der Waals surface area contributed by atoms with E-state index in [1.54, 1.807) is 53.6 Å². The molecule has 2 aliphatic rings. The summed E-state index contributed by atoms with van der Waals surface area (Å²) in [5, 5.41) is 12.0. The molecule has 6 nitrogen and oxygen atoms in total. The number of fused-ring (bicyclic) bond motifs is 1. The van der Waals surface area contributed by atoms with Crippen LogP contribution in [-0.4, -0.2) is 32.7 Å². The normalized spacial score (nSPS) is 20.0. The van der Waals surface area contributed by atoms with Crippen LogP contribution in [-0.2, 0) is 4.79 Å². The van der Waals surface area contributed by atoms with E-state index in [0.717, 1.165) is 25.7 Å². The second kappa shape index (κ2) is 7.29. The summed E-state index contributed by atoms with van der Waals surface area (Å²) in [7, 11) is 0. The van der Waals surface area contributed by atoms with Gasteiger partial charge in [-0.1, -0.05) is 30.5 Å². The van der Waals surface area contributed by atoms with Crippen molar-refractivity contribution in [2.75, 3.05) is 0 Å². The average molecular weight is 423 g/mol. The lowest BCUT2D eigenvalue weighted by Crippen LogP contribution is -2.39. The highest BCUT2D eigenvalue weighted by Crippen LogP contribution is 2.43. The fraction of sp³-hybridized carbons (Fsp3) is 0.261. The lowest BCUT2D eigenvalue weighted by molar-refractivity contribution is -0.131. The molecule has 3 heterocycles. The Morgan fingerprint density at radius 2 is 1.97 bits per heavy atom. The van der Waals surface area contributed by atoms with E-state index in [2.05, 4.69) is 4.98 Å². The molecule has 1 atom stereocenters. The molecule has 7 heteroatoms. The zero-order valence-electron chi connectivity index (χ0n) is 16.0. The maximum atomic E-state index is 13.5. The maximum absolute atomic E-state index is 13.5. The Morgan fingerprint density at radius 1 is 1.17 bits per heavy atom. The molecule has 1 saturated carbocycles. The molecule has 0 radical (unpaired) electrons. The van der Waals surface area contributed by atoms with Crippen LogP contribution in [0.15, 0.2) is 64.4 Å². The van der Waals surface area contributed by atoms with Gasteiger partial charge in [0.15, 0.2) is 11.5 Å². The summed E-state index contributed by atoms with van der Waals surface area (Å²) >= 11 is 6.04. The van der Waals surface area contributed by atoms with E-state index >= 15 is 0 Å². The molecule has 1 aliphatic carbocycles. The van der Waals surface area contributed by atoms with Gasteiger partial charge in [-0.05, 0) is 49.2 Å². The summed E-state index contributed by atoms with van der Waals surface area (Å²) in [6.07, 6.45) is 5.32. The summed E-state index contributed by atoms with van der Waals surface area (Å²) in [6.45, 7) is 0. The minimum absolute atomic E-state index is 0.00996. The minimum Gasteiger partial charge on any atom is -0.503 e. The van der Waals surface area contributed by atoms with Crippen molar-refractivity contribution in [1.29, 1.82) is 0 Å². The molecule has 2 aromatic heterocycles. The Labute approximate surface area is 177 Å². The van der Waals surface area contributed by atoms with E-state index < -0.39 is 23.5 Å². The highest BCUT2D eigenvalue weighted by atomic mass is 35.5. The smallest absolute Gasteiger partial charge is 0.290 e. The SMILES string of the molecule is O=C(C1=C(O)C(=O)N(C2CCCC2)C1c1ccccn1)c1cc2cc(Cl)ccc2o1. The van der Waals surface area contributed by atoms with Crippen LogP contribution in [0.3, 0.4) is 0 Å². The molecule has 1 fully saturated rings. The van der Waals surface area contributed by atoms with Crippen LogP contribution in [0, 0.1) is 0 Å². The quantitative estimate of drug-likeness (QED) is 0.598. The predicted octanol–water partition coefficient (Wildman–Crippen LogP) is 5.00.